The molecule has 3 aromatic rings. The first-order valence-electron chi connectivity index (χ1n) is 9.60. The summed E-state index contributed by atoms with van der Waals surface area (Å²) in [6.45, 7) is 1.42. The number of benzene rings is 2. The maximum atomic E-state index is 12.3. The second kappa shape index (κ2) is 11.3. The molecule has 0 aliphatic rings. The highest BCUT2D eigenvalue weighted by Gasteiger charge is 2.11. The number of methoxy groups -OCH3 is 1. The summed E-state index contributed by atoms with van der Waals surface area (Å²) in [7, 11) is 1.57. The number of carbonyl (C=O) groups excluding carboxylic acids is 3. The highest BCUT2D eigenvalue weighted by Crippen LogP contribution is 2.24. The molecule has 0 spiro atoms. The van der Waals surface area contributed by atoms with Crippen molar-refractivity contribution in [2.24, 2.45) is 0 Å². The zero-order valence-corrected chi connectivity index (χ0v) is 19.1. The van der Waals surface area contributed by atoms with E-state index >= 15 is 0 Å². The third-order valence-electron chi connectivity index (χ3n) is 4.02. The molecule has 0 fully saturated rings. The van der Waals surface area contributed by atoms with Crippen molar-refractivity contribution < 1.29 is 19.1 Å². The van der Waals surface area contributed by atoms with Gasteiger partial charge in [0.05, 0.1) is 25.0 Å². The number of nitrogens with zero attached hydrogens (tertiary/aromatic N) is 1. The standard InChI is InChI=1S/C22H22N4O4S2/c1-14(27)23-15-5-3-6-16(9-15)24-20(28)11-18-12-31-22(26-18)32-13-21(29)25-17-7-4-8-19(10-17)30-2/h3-10,12H,11,13H2,1-2H3,(H,23,27)(H,24,28)(H,25,29). The van der Waals surface area contributed by atoms with Crippen LogP contribution in [0.15, 0.2) is 58.3 Å². The zero-order chi connectivity index (χ0) is 22.9. The minimum atomic E-state index is -0.220. The molecular formula is C22H22N4O4S2. The molecule has 166 valence electrons. The van der Waals surface area contributed by atoms with Crippen molar-refractivity contribution >= 4 is 57.9 Å². The number of rotatable bonds is 9. The summed E-state index contributed by atoms with van der Waals surface area (Å²) in [6, 6.07) is 14.0. The van der Waals surface area contributed by atoms with Gasteiger partial charge in [-0.05, 0) is 30.3 Å². The summed E-state index contributed by atoms with van der Waals surface area (Å²) in [5.41, 5.74) is 2.48. The minimum absolute atomic E-state index is 0.109. The van der Waals surface area contributed by atoms with Crippen LogP contribution in [-0.4, -0.2) is 35.6 Å². The van der Waals surface area contributed by atoms with E-state index in [-0.39, 0.29) is 29.9 Å². The number of ether oxygens (including phenoxy) is 1. The van der Waals surface area contributed by atoms with Gasteiger partial charge in [0.1, 0.15) is 5.75 Å². The summed E-state index contributed by atoms with van der Waals surface area (Å²) < 4.78 is 5.85. The van der Waals surface area contributed by atoms with Crippen LogP contribution < -0.4 is 20.7 Å². The van der Waals surface area contributed by atoms with Gasteiger partial charge in [0, 0.05) is 35.4 Å². The van der Waals surface area contributed by atoms with Gasteiger partial charge in [0.15, 0.2) is 4.34 Å². The van der Waals surface area contributed by atoms with Gasteiger partial charge in [-0.2, -0.15) is 0 Å². The summed E-state index contributed by atoms with van der Waals surface area (Å²) in [5, 5.41) is 10.1. The lowest BCUT2D eigenvalue weighted by molar-refractivity contribution is -0.116. The predicted octanol–water partition coefficient (Wildman–Crippen LogP) is 4.02. The van der Waals surface area contributed by atoms with E-state index in [0.717, 1.165) is 0 Å². The molecule has 8 nitrogen and oxygen atoms in total. The molecule has 0 radical (unpaired) electrons. The average Bonchev–Trinajstić information content (AvgIpc) is 3.19. The van der Waals surface area contributed by atoms with Gasteiger partial charge >= 0.3 is 0 Å². The van der Waals surface area contributed by atoms with Crippen LogP contribution in [0.4, 0.5) is 17.1 Å². The number of anilines is 3. The van der Waals surface area contributed by atoms with Gasteiger partial charge in [-0.25, -0.2) is 4.98 Å². The molecule has 0 saturated carbocycles. The second-order valence-corrected chi connectivity index (χ2v) is 8.74. The Bertz CT molecular complexity index is 1120. The fourth-order valence-corrected chi connectivity index (χ4v) is 4.35. The Balaban J connectivity index is 1.47. The average molecular weight is 471 g/mol. The van der Waals surface area contributed by atoms with E-state index in [1.165, 1.54) is 30.0 Å². The molecular weight excluding hydrogens is 448 g/mol. The third kappa shape index (κ3) is 7.40. The van der Waals surface area contributed by atoms with Crippen molar-refractivity contribution in [2.45, 2.75) is 17.7 Å². The highest BCUT2D eigenvalue weighted by molar-refractivity contribution is 8.01. The maximum absolute atomic E-state index is 12.3. The van der Waals surface area contributed by atoms with Crippen molar-refractivity contribution in [1.82, 2.24) is 4.98 Å². The normalized spacial score (nSPS) is 10.3. The third-order valence-corrected chi connectivity index (χ3v) is 6.09. The van der Waals surface area contributed by atoms with Crippen LogP contribution in [0, 0.1) is 0 Å². The number of thiazole rings is 1. The largest absolute Gasteiger partial charge is 0.497 e. The van der Waals surface area contributed by atoms with E-state index in [4.69, 9.17) is 4.74 Å². The van der Waals surface area contributed by atoms with Crippen LogP contribution in [0.25, 0.3) is 0 Å². The van der Waals surface area contributed by atoms with Crippen LogP contribution in [0.3, 0.4) is 0 Å². The molecule has 0 unspecified atom stereocenters. The fraction of sp³-hybridized carbons (Fsp3) is 0.182. The van der Waals surface area contributed by atoms with Gasteiger partial charge in [-0.1, -0.05) is 23.9 Å². The van der Waals surface area contributed by atoms with Crippen LogP contribution in [0.5, 0.6) is 5.75 Å². The van der Waals surface area contributed by atoms with Gasteiger partial charge in [-0.3, -0.25) is 14.4 Å². The first-order chi connectivity index (χ1) is 15.4. The molecule has 32 heavy (non-hydrogen) atoms. The monoisotopic (exact) mass is 470 g/mol. The molecule has 0 atom stereocenters. The van der Waals surface area contributed by atoms with Crippen molar-refractivity contribution in [3.8, 4) is 5.75 Å². The van der Waals surface area contributed by atoms with Gasteiger partial charge < -0.3 is 20.7 Å². The van der Waals surface area contributed by atoms with Gasteiger partial charge in [-0.15, -0.1) is 11.3 Å². The Labute approximate surface area is 193 Å². The van der Waals surface area contributed by atoms with Crippen molar-refractivity contribution in [1.29, 1.82) is 0 Å². The van der Waals surface area contributed by atoms with E-state index in [9.17, 15) is 14.4 Å². The van der Waals surface area contributed by atoms with Crippen LogP contribution in [-0.2, 0) is 20.8 Å². The second-order valence-electron chi connectivity index (χ2n) is 6.66. The molecule has 1 heterocycles. The molecule has 3 amide bonds. The molecule has 10 heteroatoms. The van der Waals surface area contributed by atoms with E-state index in [2.05, 4.69) is 20.9 Å². The Morgan fingerprint density at radius 2 is 1.62 bits per heavy atom. The number of aromatic nitrogens is 1. The molecule has 0 saturated heterocycles. The molecule has 0 bridgehead atoms. The van der Waals surface area contributed by atoms with Crippen LogP contribution >= 0.6 is 23.1 Å². The molecule has 1 aromatic heterocycles. The summed E-state index contributed by atoms with van der Waals surface area (Å²) in [5.74, 6) is 0.310. The lowest BCUT2D eigenvalue weighted by Gasteiger charge is -2.07. The molecule has 3 N–H and O–H groups in total. The Morgan fingerprint density at radius 3 is 2.34 bits per heavy atom. The van der Waals surface area contributed by atoms with Crippen molar-refractivity contribution in [3.05, 3.63) is 59.6 Å². The maximum Gasteiger partial charge on any atom is 0.234 e. The first-order valence-corrected chi connectivity index (χ1v) is 11.5. The van der Waals surface area contributed by atoms with Gasteiger partial charge in [0.2, 0.25) is 17.7 Å². The summed E-state index contributed by atoms with van der Waals surface area (Å²) in [6.07, 6.45) is 0.109. The Kier molecular flexibility index (Phi) is 8.23. The topological polar surface area (TPSA) is 109 Å². The predicted molar refractivity (Wildman–Crippen MR) is 128 cm³/mol. The number of thioether (sulfide) groups is 1. The Morgan fingerprint density at radius 1 is 0.969 bits per heavy atom. The quantitative estimate of drug-likeness (QED) is 0.408. The van der Waals surface area contributed by atoms with Crippen LogP contribution in [0.2, 0.25) is 0 Å². The lowest BCUT2D eigenvalue weighted by atomic mass is 10.2. The number of hydrogen-bond acceptors (Lipinski definition) is 7. The SMILES string of the molecule is COc1cccc(NC(=O)CSc2nc(CC(=O)Nc3cccc(NC(C)=O)c3)cs2)c1. The molecule has 0 aliphatic carbocycles. The minimum Gasteiger partial charge on any atom is -0.497 e. The van der Waals surface area contributed by atoms with E-state index < -0.39 is 0 Å². The van der Waals surface area contributed by atoms with Gasteiger partial charge in [0.25, 0.3) is 0 Å². The number of carbonyl (C=O) groups is 3. The summed E-state index contributed by atoms with van der Waals surface area (Å²) >= 11 is 2.70. The van der Waals surface area contributed by atoms with E-state index in [1.807, 2.05) is 0 Å². The first kappa shape index (κ1) is 23.3. The molecule has 0 aliphatic heterocycles. The molecule has 3 rings (SSSR count). The highest BCUT2D eigenvalue weighted by atomic mass is 32.2. The van der Waals surface area contributed by atoms with E-state index in [1.54, 1.807) is 61.0 Å². The lowest BCUT2D eigenvalue weighted by Crippen LogP contribution is -2.15. The number of hydrogen-bond donors (Lipinski definition) is 3. The smallest absolute Gasteiger partial charge is 0.234 e. The van der Waals surface area contributed by atoms with Crippen LogP contribution in [0.1, 0.15) is 12.6 Å². The number of nitrogens with one attached hydrogen (secondary N) is 3. The van der Waals surface area contributed by atoms with E-state index in [0.29, 0.717) is 32.8 Å². The zero-order valence-electron chi connectivity index (χ0n) is 17.5. The summed E-state index contributed by atoms with van der Waals surface area (Å²) in [4.78, 5) is 40.1. The number of amides is 3. The Hall–Kier alpha value is -3.37. The van der Waals surface area contributed by atoms with Crippen molar-refractivity contribution in [3.63, 3.8) is 0 Å². The fourth-order valence-electron chi connectivity index (χ4n) is 2.71. The molecule has 2 aromatic carbocycles. The van der Waals surface area contributed by atoms with Crippen molar-refractivity contribution in [2.75, 3.05) is 28.8 Å².